The molecule has 0 saturated heterocycles. The van der Waals surface area contributed by atoms with Gasteiger partial charge in [-0.05, 0) is 37.6 Å². The number of hydrogen-bond donors (Lipinski definition) is 1. The van der Waals surface area contributed by atoms with E-state index in [0.717, 1.165) is 17.9 Å². The lowest BCUT2D eigenvalue weighted by molar-refractivity contribution is 0.168. The van der Waals surface area contributed by atoms with Crippen molar-refractivity contribution in [1.82, 2.24) is 5.32 Å². The minimum Gasteiger partial charge on any atom is -0.314 e. The van der Waals surface area contributed by atoms with Gasteiger partial charge in [0.2, 0.25) is 0 Å². The fraction of sp³-hybridized carbons (Fsp3) is 1.00. The minimum atomic E-state index is 0.851. The van der Waals surface area contributed by atoms with Crippen LogP contribution < -0.4 is 5.32 Å². The van der Waals surface area contributed by atoms with Crippen molar-refractivity contribution in [3.8, 4) is 0 Å². The molecule has 1 fully saturated rings. The van der Waals surface area contributed by atoms with Crippen molar-refractivity contribution in [2.45, 2.75) is 58.9 Å². The highest BCUT2D eigenvalue weighted by Crippen LogP contribution is 2.33. The van der Waals surface area contributed by atoms with Crippen molar-refractivity contribution in [3.05, 3.63) is 0 Å². The Kier molecular flexibility index (Phi) is 4.79. The molecule has 1 nitrogen and oxygen atoms in total. The molecule has 1 aliphatic rings. The second-order valence-electron chi connectivity index (χ2n) is 4.83. The zero-order valence-corrected chi connectivity index (χ0v) is 9.47. The number of hydrogen-bond acceptors (Lipinski definition) is 1. The molecule has 1 saturated carbocycles. The monoisotopic (exact) mass is 183 g/mol. The van der Waals surface area contributed by atoms with Gasteiger partial charge in [-0.3, -0.25) is 0 Å². The Hall–Kier alpha value is -0.0400. The summed E-state index contributed by atoms with van der Waals surface area (Å²) in [6, 6.07) is 0.851. The van der Waals surface area contributed by atoms with E-state index < -0.39 is 0 Å². The first-order valence-electron chi connectivity index (χ1n) is 5.97. The van der Waals surface area contributed by atoms with Crippen LogP contribution in [0, 0.1) is 11.8 Å². The van der Waals surface area contributed by atoms with Crippen LogP contribution in [0.3, 0.4) is 0 Å². The summed E-state index contributed by atoms with van der Waals surface area (Å²) in [7, 11) is 0. The van der Waals surface area contributed by atoms with Crippen LogP contribution in [0.2, 0.25) is 0 Å². The largest absolute Gasteiger partial charge is 0.314 e. The first kappa shape index (κ1) is 11.0. The molecule has 0 aromatic heterocycles. The summed E-state index contributed by atoms with van der Waals surface area (Å²) in [5.74, 6) is 1.90. The highest BCUT2D eigenvalue weighted by atomic mass is 14.9. The summed E-state index contributed by atoms with van der Waals surface area (Å²) in [5, 5.41) is 3.64. The molecule has 1 rings (SSSR count). The predicted octanol–water partition coefficient (Wildman–Crippen LogP) is 3.20. The quantitative estimate of drug-likeness (QED) is 0.624. The van der Waals surface area contributed by atoms with E-state index in [0.29, 0.717) is 0 Å². The van der Waals surface area contributed by atoms with Crippen LogP contribution in [0.4, 0.5) is 0 Å². The third-order valence-corrected chi connectivity index (χ3v) is 3.33. The fourth-order valence-corrected chi connectivity index (χ4v) is 2.05. The van der Waals surface area contributed by atoms with Gasteiger partial charge in [-0.1, -0.05) is 33.6 Å². The summed E-state index contributed by atoms with van der Waals surface area (Å²) >= 11 is 0. The predicted molar refractivity (Wildman–Crippen MR) is 58.9 cm³/mol. The van der Waals surface area contributed by atoms with Crippen molar-refractivity contribution in [1.29, 1.82) is 0 Å². The first-order chi connectivity index (χ1) is 6.24. The van der Waals surface area contributed by atoms with E-state index >= 15 is 0 Å². The Morgan fingerprint density at radius 2 is 1.92 bits per heavy atom. The molecule has 0 aromatic carbocycles. The van der Waals surface area contributed by atoms with E-state index in [4.69, 9.17) is 0 Å². The zero-order chi connectivity index (χ0) is 9.68. The summed E-state index contributed by atoms with van der Waals surface area (Å²) in [5.41, 5.74) is 0. The molecule has 13 heavy (non-hydrogen) atoms. The van der Waals surface area contributed by atoms with Crippen molar-refractivity contribution >= 4 is 0 Å². The molecule has 0 radical (unpaired) electrons. The third-order valence-electron chi connectivity index (χ3n) is 3.33. The van der Waals surface area contributed by atoms with Crippen LogP contribution in [-0.2, 0) is 0 Å². The van der Waals surface area contributed by atoms with Crippen LogP contribution in [0.1, 0.15) is 52.9 Å². The Balaban J connectivity index is 1.90. The van der Waals surface area contributed by atoms with E-state index in [1.165, 1.54) is 38.6 Å². The van der Waals surface area contributed by atoms with Gasteiger partial charge in [-0.2, -0.15) is 0 Å². The normalized spacial score (nSPS) is 27.7. The Morgan fingerprint density at radius 3 is 2.46 bits per heavy atom. The lowest BCUT2D eigenvalue weighted by Gasteiger charge is -2.38. The van der Waals surface area contributed by atoms with E-state index in [-0.39, 0.29) is 0 Å². The van der Waals surface area contributed by atoms with Crippen molar-refractivity contribution in [2.24, 2.45) is 11.8 Å². The summed E-state index contributed by atoms with van der Waals surface area (Å²) < 4.78 is 0. The van der Waals surface area contributed by atoms with Gasteiger partial charge < -0.3 is 5.32 Å². The Bertz CT molecular complexity index is 125. The molecule has 0 heterocycles. The molecule has 0 bridgehead atoms. The maximum Gasteiger partial charge on any atom is 0.00725 e. The van der Waals surface area contributed by atoms with Crippen LogP contribution in [0.5, 0.6) is 0 Å². The highest BCUT2D eigenvalue weighted by molar-refractivity contribution is 4.86. The van der Waals surface area contributed by atoms with Crippen LogP contribution in [-0.4, -0.2) is 12.6 Å². The first-order valence-corrected chi connectivity index (χ1v) is 5.97. The van der Waals surface area contributed by atoms with E-state index in [9.17, 15) is 0 Å². The smallest absolute Gasteiger partial charge is 0.00725 e. The van der Waals surface area contributed by atoms with Gasteiger partial charge in [-0.15, -0.1) is 0 Å². The summed E-state index contributed by atoms with van der Waals surface area (Å²) in [6.45, 7) is 8.19. The van der Waals surface area contributed by atoms with Gasteiger partial charge in [0.05, 0.1) is 0 Å². The molecule has 1 heteroatoms. The van der Waals surface area contributed by atoms with Gasteiger partial charge in [0.25, 0.3) is 0 Å². The molecule has 78 valence electrons. The van der Waals surface area contributed by atoms with Gasteiger partial charge >= 0.3 is 0 Å². The maximum atomic E-state index is 3.64. The molecular formula is C12H25N. The van der Waals surface area contributed by atoms with E-state index in [1.807, 2.05) is 0 Å². The highest BCUT2D eigenvalue weighted by Gasteiger charge is 2.30. The van der Waals surface area contributed by atoms with Crippen LogP contribution in [0.25, 0.3) is 0 Å². The van der Waals surface area contributed by atoms with Crippen LogP contribution in [0.15, 0.2) is 0 Å². The second kappa shape index (κ2) is 5.64. The van der Waals surface area contributed by atoms with E-state index in [2.05, 4.69) is 26.1 Å². The zero-order valence-electron chi connectivity index (χ0n) is 9.47. The molecule has 1 aliphatic carbocycles. The molecule has 0 unspecified atom stereocenters. The molecular weight excluding hydrogens is 158 g/mol. The molecule has 0 aromatic rings. The molecule has 1 N–H and O–H groups in total. The van der Waals surface area contributed by atoms with Gasteiger partial charge in [0, 0.05) is 6.04 Å². The van der Waals surface area contributed by atoms with Gasteiger partial charge in [0.1, 0.15) is 0 Å². The molecule has 0 amide bonds. The SMILES string of the molecule is CCCCCNC1CC(C(C)C)C1. The summed E-state index contributed by atoms with van der Waals surface area (Å²) in [4.78, 5) is 0. The van der Waals surface area contributed by atoms with Crippen molar-refractivity contribution in [2.75, 3.05) is 6.54 Å². The fourth-order valence-electron chi connectivity index (χ4n) is 2.05. The van der Waals surface area contributed by atoms with Gasteiger partial charge in [-0.25, -0.2) is 0 Å². The summed E-state index contributed by atoms with van der Waals surface area (Å²) in [6.07, 6.45) is 6.92. The number of nitrogens with one attached hydrogen (secondary N) is 1. The topological polar surface area (TPSA) is 12.0 Å². The minimum absolute atomic E-state index is 0.851. The molecule has 0 aliphatic heterocycles. The lowest BCUT2D eigenvalue weighted by atomic mass is 9.74. The number of unbranched alkanes of at least 4 members (excludes halogenated alkanes) is 2. The number of rotatable bonds is 6. The van der Waals surface area contributed by atoms with E-state index in [1.54, 1.807) is 0 Å². The average Bonchev–Trinajstić information content (AvgIpc) is 2.00. The van der Waals surface area contributed by atoms with Gasteiger partial charge in [0.15, 0.2) is 0 Å². The maximum absolute atomic E-state index is 3.64. The van der Waals surface area contributed by atoms with Crippen molar-refractivity contribution in [3.63, 3.8) is 0 Å². The Morgan fingerprint density at radius 1 is 1.23 bits per heavy atom. The molecule has 0 spiro atoms. The standard InChI is InChI=1S/C12H25N/c1-4-5-6-7-13-12-8-11(9-12)10(2)3/h10-13H,4-9H2,1-3H3. The molecule has 0 atom stereocenters. The third kappa shape index (κ3) is 3.68. The lowest BCUT2D eigenvalue weighted by Crippen LogP contribution is -2.43. The van der Waals surface area contributed by atoms with Crippen molar-refractivity contribution < 1.29 is 0 Å². The van der Waals surface area contributed by atoms with Crippen LogP contribution >= 0.6 is 0 Å². The average molecular weight is 183 g/mol. The second-order valence-corrected chi connectivity index (χ2v) is 4.83. The Labute approximate surface area is 83.3 Å².